The maximum atomic E-state index is 14.0. The number of rotatable bonds is 13. The van der Waals surface area contributed by atoms with E-state index in [1.165, 1.54) is 18.8 Å². The maximum Gasteiger partial charge on any atom is 0.343 e. The van der Waals surface area contributed by atoms with E-state index >= 15 is 0 Å². The molecular formula is C31H32N2O11S. The third-order valence-electron chi connectivity index (χ3n) is 6.51. The lowest BCUT2D eigenvalue weighted by molar-refractivity contribution is -0.143. The number of ether oxygens (including phenoxy) is 6. The number of nitrogens with zero attached hydrogens (tertiary/aromatic N) is 2. The van der Waals surface area contributed by atoms with Crippen LogP contribution in [0.2, 0.25) is 0 Å². The average Bonchev–Trinajstić information content (AvgIpc) is 3.32. The predicted molar refractivity (Wildman–Crippen MR) is 162 cm³/mol. The molecule has 0 bridgehead atoms. The van der Waals surface area contributed by atoms with E-state index in [0.29, 0.717) is 31.9 Å². The van der Waals surface area contributed by atoms with Crippen molar-refractivity contribution >= 4 is 35.3 Å². The molecule has 1 aliphatic heterocycles. The number of fused-ring (bicyclic) bond motifs is 1. The lowest BCUT2D eigenvalue weighted by Gasteiger charge is -2.25. The van der Waals surface area contributed by atoms with Gasteiger partial charge in [0.25, 0.3) is 5.56 Å². The molecule has 0 radical (unpaired) electrons. The first-order valence-corrected chi connectivity index (χ1v) is 14.6. The fourth-order valence-electron chi connectivity index (χ4n) is 4.57. The summed E-state index contributed by atoms with van der Waals surface area (Å²) in [6.07, 6.45) is 1.64. The van der Waals surface area contributed by atoms with Crippen molar-refractivity contribution in [2.24, 2.45) is 4.99 Å². The monoisotopic (exact) mass is 640 g/mol. The van der Waals surface area contributed by atoms with Gasteiger partial charge in [0.2, 0.25) is 0 Å². The SMILES string of the molecule is CCOC(=O)C1=C(C)N=c2s/c(=C\c3ccc(OCC(=O)O)c(OC)c3)c(=O)n2[C@H]1c1ccc(OCC(=O)OC)c(OCC)c1. The van der Waals surface area contributed by atoms with Crippen LogP contribution in [-0.4, -0.2) is 68.2 Å². The summed E-state index contributed by atoms with van der Waals surface area (Å²) in [4.78, 5) is 54.8. The van der Waals surface area contributed by atoms with E-state index in [-0.39, 0.29) is 42.6 Å². The van der Waals surface area contributed by atoms with E-state index in [1.807, 2.05) is 0 Å². The largest absolute Gasteiger partial charge is 0.493 e. The zero-order chi connectivity index (χ0) is 32.7. The van der Waals surface area contributed by atoms with E-state index in [0.717, 1.165) is 11.3 Å². The number of carboxylic acid groups (broad SMARTS) is 1. The standard InChI is InChI=1S/C31H32N2O11S/c1-6-41-23-14-19(9-11-21(23)44-16-26(36)40-5)28-27(30(38)42-7-2)17(3)32-31-33(28)29(37)24(45-31)13-18-8-10-20(22(12-18)39-4)43-15-25(34)35/h8-14,28H,6-7,15-16H2,1-5H3,(H,34,35)/b24-13-/t28-/m0/s1. The third-order valence-corrected chi connectivity index (χ3v) is 7.49. The zero-order valence-corrected chi connectivity index (χ0v) is 26.1. The summed E-state index contributed by atoms with van der Waals surface area (Å²) in [6, 6.07) is 8.83. The van der Waals surface area contributed by atoms with Gasteiger partial charge in [-0.05, 0) is 62.2 Å². The molecule has 1 atom stereocenters. The first-order valence-electron chi connectivity index (χ1n) is 13.8. The summed E-state index contributed by atoms with van der Waals surface area (Å²) in [5, 5.41) is 8.93. The number of methoxy groups -OCH3 is 2. The Labute approximate surface area is 261 Å². The minimum atomic E-state index is -1.13. The second kappa shape index (κ2) is 14.6. The van der Waals surface area contributed by atoms with E-state index in [1.54, 1.807) is 63.2 Å². The number of benzene rings is 2. The van der Waals surface area contributed by atoms with Gasteiger partial charge < -0.3 is 33.5 Å². The highest BCUT2D eigenvalue weighted by Crippen LogP contribution is 2.36. The quantitative estimate of drug-likeness (QED) is 0.273. The van der Waals surface area contributed by atoms with Crippen molar-refractivity contribution in [3.05, 3.63) is 78.5 Å². The summed E-state index contributed by atoms with van der Waals surface area (Å²) in [5.74, 6) is -1.23. The number of allylic oxidation sites excluding steroid dienone is 1. The fourth-order valence-corrected chi connectivity index (χ4v) is 5.62. The van der Waals surface area contributed by atoms with E-state index in [4.69, 9.17) is 28.8 Å². The Morgan fingerprint density at radius 1 is 0.956 bits per heavy atom. The molecule has 0 saturated carbocycles. The highest BCUT2D eigenvalue weighted by molar-refractivity contribution is 7.07. The number of carbonyl (C=O) groups excluding carboxylic acids is 2. The first-order chi connectivity index (χ1) is 21.6. The third kappa shape index (κ3) is 7.34. The van der Waals surface area contributed by atoms with Gasteiger partial charge in [0.05, 0.1) is 49.3 Å². The molecule has 0 fully saturated rings. The first kappa shape index (κ1) is 32.8. The molecule has 0 spiro atoms. The molecule has 0 aliphatic carbocycles. The summed E-state index contributed by atoms with van der Waals surface area (Å²) in [6.45, 7) is 4.66. The Bertz CT molecular complexity index is 1820. The van der Waals surface area contributed by atoms with Crippen LogP contribution in [0.25, 0.3) is 6.08 Å². The van der Waals surface area contributed by atoms with E-state index < -0.39 is 36.1 Å². The molecule has 1 aromatic heterocycles. The van der Waals surface area contributed by atoms with E-state index in [2.05, 4.69) is 9.73 Å². The number of carboxylic acids is 1. The van der Waals surface area contributed by atoms with Gasteiger partial charge in [-0.3, -0.25) is 9.36 Å². The van der Waals surface area contributed by atoms with Crippen molar-refractivity contribution in [1.29, 1.82) is 0 Å². The van der Waals surface area contributed by atoms with Gasteiger partial charge in [-0.15, -0.1) is 0 Å². The Kier molecular flexibility index (Phi) is 10.6. The number of hydrogen-bond acceptors (Lipinski definition) is 12. The molecule has 238 valence electrons. The molecule has 0 unspecified atom stereocenters. The molecular weight excluding hydrogens is 608 g/mol. The smallest absolute Gasteiger partial charge is 0.343 e. The number of carbonyl (C=O) groups is 3. The molecule has 13 nitrogen and oxygen atoms in total. The number of esters is 2. The second-order valence-electron chi connectivity index (χ2n) is 9.40. The van der Waals surface area contributed by atoms with Gasteiger partial charge in [-0.1, -0.05) is 23.5 Å². The Balaban J connectivity index is 1.85. The number of aliphatic carboxylic acids is 1. The molecule has 3 aromatic rings. The minimum absolute atomic E-state index is 0.116. The molecule has 2 aromatic carbocycles. The van der Waals surface area contributed by atoms with Crippen LogP contribution in [0.4, 0.5) is 0 Å². The summed E-state index contributed by atoms with van der Waals surface area (Å²) < 4.78 is 33.8. The van der Waals surface area contributed by atoms with Crippen molar-refractivity contribution in [2.45, 2.75) is 26.8 Å². The summed E-state index contributed by atoms with van der Waals surface area (Å²) >= 11 is 1.13. The lowest BCUT2D eigenvalue weighted by Crippen LogP contribution is -2.40. The highest BCUT2D eigenvalue weighted by atomic mass is 32.1. The number of aromatic nitrogens is 1. The minimum Gasteiger partial charge on any atom is -0.493 e. The lowest BCUT2D eigenvalue weighted by atomic mass is 9.95. The van der Waals surface area contributed by atoms with Crippen LogP contribution in [0.1, 0.15) is 37.9 Å². The zero-order valence-electron chi connectivity index (χ0n) is 25.3. The molecule has 1 N–H and O–H groups in total. The Hall–Kier alpha value is -5.11. The topological polar surface area (TPSA) is 161 Å². The van der Waals surface area contributed by atoms with Crippen LogP contribution in [0, 0.1) is 0 Å². The van der Waals surface area contributed by atoms with Crippen LogP contribution < -0.4 is 33.8 Å². The van der Waals surface area contributed by atoms with Crippen LogP contribution in [0.15, 0.2) is 57.5 Å². The molecule has 4 rings (SSSR count). The maximum absolute atomic E-state index is 14.0. The second-order valence-corrected chi connectivity index (χ2v) is 10.4. The number of hydrogen-bond donors (Lipinski definition) is 1. The normalized spacial score (nSPS) is 14.2. The molecule has 1 aliphatic rings. The van der Waals surface area contributed by atoms with Crippen LogP contribution in [-0.2, 0) is 23.9 Å². The van der Waals surface area contributed by atoms with Gasteiger partial charge in [0, 0.05) is 0 Å². The average molecular weight is 641 g/mol. The predicted octanol–water partition coefficient (Wildman–Crippen LogP) is 2.22. The van der Waals surface area contributed by atoms with Crippen LogP contribution >= 0.6 is 11.3 Å². The van der Waals surface area contributed by atoms with E-state index in [9.17, 15) is 19.2 Å². The van der Waals surface area contributed by atoms with Crippen molar-refractivity contribution in [2.75, 3.05) is 40.6 Å². The van der Waals surface area contributed by atoms with Gasteiger partial charge in [0.15, 0.2) is 41.0 Å². The Morgan fingerprint density at radius 3 is 2.33 bits per heavy atom. The van der Waals surface area contributed by atoms with Gasteiger partial charge in [0.1, 0.15) is 0 Å². The fraction of sp³-hybridized carbons (Fsp3) is 0.323. The summed E-state index contributed by atoms with van der Waals surface area (Å²) in [5.41, 5.74) is 1.27. The van der Waals surface area contributed by atoms with Crippen molar-refractivity contribution < 1.29 is 47.9 Å². The van der Waals surface area contributed by atoms with Crippen molar-refractivity contribution in [1.82, 2.24) is 4.57 Å². The molecule has 2 heterocycles. The van der Waals surface area contributed by atoms with Crippen LogP contribution in [0.5, 0.6) is 23.0 Å². The number of thiazole rings is 1. The van der Waals surface area contributed by atoms with Gasteiger partial charge in [-0.25, -0.2) is 19.4 Å². The molecule has 0 saturated heterocycles. The summed E-state index contributed by atoms with van der Waals surface area (Å²) in [7, 11) is 2.67. The van der Waals surface area contributed by atoms with Gasteiger partial charge >= 0.3 is 17.9 Å². The van der Waals surface area contributed by atoms with Crippen molar-refractivity contribution in [3.8, 4) is 23.0 Å². The van der Waals surface area contributed by atoms with Gasteiger partial charge in [-0.2, -0.15) is 0 Å². The Morgan fingerprint density at radius 2 is 1.67 bits per heavy atom. The molecule has 14 heteroatoms. The highest BCUT2D eigenvalue weighted by Gasteiger charge is 2.34. The molecule has 0 amide bonds. The van der Waals surface area contributed by atoms with Crippen molar-refractivity contribution in [3.63, 3.8) is 0 Å². The van der Waals surface area contributed by atoms with Crippen LogP contribution in [0.3, 0.4) is 0 Å². The molecule has 45 heavy (non-hydrogen) atoms.